The molecule has 0 bridgehead atoms. The average molecular weight is 219 g/mol. The van der Waals surface area contributed by atoms with Crippen LogP contribution in [0.4, 0.5) is 24.7 Å². The molecule has 15 heavy (non-hydrogen) atoms. The van der Waals surface area contributed by atoms with Crippen LogP contribution < -0.4 is 11.5 Å². The van der Waals surface area contributed by atoms with Crippen molar-refractivity contribution in [2.75, 3.05) is 11.5 Å². The van der Waals surface area contributed by atoms with Crippen LogP contribution in [0.25, 0.3) is 0 Å². The molecule has 0 atom stereocenters. The van der Waals surface area contributed by atoms with E-state index in [2.05, 4.69) is 4.98 Å². The van der Waals surface area contributed by atoms with Crippen LogP contribution >= 0.6 is 0 Å². The quantitative estimate of drug-likeness (QED) is 0.762. The highest BCUT2D eigenvalue weighted by Gasteiger charge is 2.35. The number of pyridine rings is 1. The standard InChI is InChI=1S/C9H12F3N3/c1-4(2)6-5(9(10,11)12)3-15-8(14)7(6)13/h3-4H,13H2,1-2H3,(H2,14,15). The lowest BCUT2D eigenvalue weighted by Gasteiger charge is -2.18. The zero-order chi connectivity index (χ0) is 11.8. The van der Waals surface area contributed by atoms with E-state index in [4.69, 9.17) is 11.5 Å². The number of aromatic nitrogens is 1. The molecular formula is C9H12F3N3. The first kappa shape index (κ1) is 11.6. The van der Waals surface area contributed by atoms with Crippen LogP contribution in [0.3, 0.4) is 0 Å². The highest BCUT2D eigenvalue weighted by molar-refractivity contribution is 5.66. The van der Waals surface area contributed by atoms with Crippen LogP contribution in [0.2, 0.25) is 0 Å². The number of hydrogen-bond donors (Lipinski definition) is 2. The number of halogens is 3. The first-order valence-electron chi connectivity index (χ1n) is 4.36. The second-order valence-corrected chi connectivity index (χ2v) is 3.54. The van der Waals surface area contributed by atoms with Gasteiger partial charge in [-0.25, -0.2) is 4.98 Å². The summed E-state index contributed by atoms with van der Waals surface area (Å²) < 4.78 is 37.8. The first-order valence-corrected chi connectivity index (χ1v) is 4.36. The molecule has 0 aliphatic carbocycles. The largest absolute Gasteiger partial charge is 0.418 e. The smallest absolute Gasteiger partial charge is 0.396 e. The van der Waals surface area contributed by atoms with Gasteiger partial charge in [-0.3, -0.25) is 0 Å². The van der Waals surface area contributed by atoms with E-state index < -0.39 is 11.7 Å². The lowest BCUT2D eigenvalue weighted by Crippen LogP contribution is -2.14. The molecule has 0 spiro atoms. The van der Waals surface area contributed by atoms with Crippen molar-refractivity contribution < 1.29 is 13.2 Å². The van der Waals surface area contributed by atoms with Gasteiger partial charge in [0.05, 0.1) is 11.3 Å². The summed E-state index contributed by atoms with van der Waals surface area (Å²) in [5.41, 5.74) is 9.97. The number of nitrogen functional groups attached to an aromatic ring is 2. The van der Waals surface area contributed by atoms with Crippen molar-refractivity contribution in [2.45, 2.75) is 25.9 Å². The van der Waals surface area contributed by atoms with Gasteiger partial charge in [0.2, 0.25) is 0 Å². The highest BCUT2D eigenvalue weighted by Crippen LogP contribution is 2.38. The molecule has 6 heteroatoms. The molecule has 1 aromatic heterocycles. The molecule has 0 aromatic carbocycles. The van der Waals surface area contributed by atoms with Crippen molar-refractivity contribution >= 4 is 11.5 Å². The summed E-state index contributed by atoms with van der Waals surface area (Å²) in [5, 5.41) is 0. The summed E-state index contributed by atoms with van der Waals surface area (Å²) in [6.45, 7) is 3.25. The minimum absolute atomic E-state index is 0.00926. The molecule has 1 rings (SSSR count). The van der Waals surface area contributed by atoms with Crippen molar-refractivity contribution in [3.63, 3.8) is 0 Å². The van der Waals surface area contributed by atoms with Crippen molar-refractivity contribution in [1.82, 2.24) is 4.98 Å². The number of nitrogens with two attached hydrogens (primary N) is 2. The van der Waals surface area contributed by atoms with E-state index in [1.165, 1.54) is 0 Å². The van der Waals surface area contributed by atoms with E-state index in [1.54, 1.807) is 13.8 Å². The third kappa shape index (κ3) is 2.14. The summed E-state index contributed by atoms with van der Waals surface area (Å²) >= 11 is 0. The van der Waals surface area contributed by atoms with Crippen molar-refractivity contribution in [3.8, 4) is 0 Å². The van der Waals surface area contributed by atoms with E-state index in [0.717, 1.165) is 6.20 Å². The van der Waals surface area contributed by atoms with E-state index in [-0.39, 0.29) is 23.0 Å². The number of anilines is 2. The summed E-state index contributed by atoms with van der Waals surface area (Å²) in [6.07, 6.45) is -3.73. The molecule has 0 fully saturated rings. The van der Waals surface area contributed by atoms with Crippen LogP contribution in [0.5, 0.6) is 0 Å². The van der Waals surface area contributed by atoms with E-state index in [0.29, 0.717) is 0 Å². The molecule has 0 saturated carbocycles. The molecule has 3 nitrogen and oxygen atoms in total. The fraction of sp³-hybridized carbons (Fsp3) is 0.444. The van der Waals surface area contributed by atoms with Crippen LogP contribution in [0.1, 0.15) is 30.9 Å². The van der Waals surface area contributed by atoms with Crippen molar-refractivity contribution in [3.05, 3.63) is 17.3 Å². The Morgan fingerprint density at radius 2 is 1.80 bits per heavy atom. The number of hydrogen-bond acceptors (Lipinski definition) is 3. The van der Waals surface area contributed by atoms with Gasteiger partial charge >= 0.3 is 6.18 Å². The topological polar surface area (TPSA) is 64.9 Å². The Morgan fingerprint density at radius 1 is 1.27 bits per heavy atom. The molecule has 0 saturated heterocycles. The Balaban J connectivity index is 3.47. The number of alkyl halides is 3. The number of rotatable bonds is 1. The van der Waals surface area contributed by atoms with Gasteiger partial charge in [0, 0.05) is 6.20 Å². The minimum atomic E-state index is -4.45. The van der Waals surface area contributed by atoms with Gasteiger partial charge < -0.3 is 11.5 Å². The van der Waals surface area contributed by atoms with Gasteiger partial charge in [0.15, 0.2) is 0 Å². The SMILES string of the molecule is CC(C)c1c(C(F)(F)F)cnc(N)c1N. The lowest BCUT2D eigenvalue weighted by molar-refractivity contribution is -0.138. The maximum absolute atomic E-state index is 12.6. The zero-order valence-electron chi connectivity index (χ0n) is 8.39. The minimum Gasteiger partial charge on any atom is -0.396 e. The maximum Gasteiger partial charge on any atom is 0.418 e. The van der Waals surface area contributed by atoms with Gasteiger partial charge in [-0.05, 0) is 11.5 Å². The molecule has 0 aliphatic rings. The van der Waals surface area contributed by atoms with Crippen LogP contribution in [-0.4, -0.2) is 4.98 Å². The molecule has 4 N–H and O–H groups in total. The zero-order valence-corrected chi connectivity index (χ0v) is 8.39. The van der Waals surface area contributed by atoms with Gasteiger partial charge in [-0.2, -0.15) is 13.2 Å². The molecule has 84 valence electrons. The Hall–Kier alpha value is -1.46. The molecule has 0 radical (unpaired) electrons. The molecule has 0 aliphatic heterocycles. The van der Waals surface area contributed by atoms with Gasteiger partial charge in [-0.1, -0.05) is 13.8 Å². The molecule has 0 amide bonds. The normalized spacial score (nSPS) is 12.1. The van der Waals surface area contributed by atoms with Crippen LogP contribution in [0, 0.1) is 0 Å². The highest BCUT2D eigenvalue weighted by atomic mass is 19.4. The van der Waals surface area contributed by atoms with E-state index in [9.17, 15) is 13.2 Å². The van der Waals surface area contributed by atoms with Crippen LogP contribution in [0.15, 0.2) is 6.20 Å². The van der Waals surface area contributed by atoms with Gasteiger partial charge in [0.1, 0.15) is 5.82 Å². The van der Waals surface area contributed by atoms with Crippen molar-refractivity contribution in [2.24, 2.45) is 0 Å². The lowest BCUT2D eigenvalue weighted by atomic mass is 9.96. The predicted octanol–water partition coefficient (Wildman–Crippen LogP) is 2.39. The first-order chi connectivity index (χ1) is 6.75. The fourth-order valence-corrected chi connectivity index (χ4v) is 1.40. The Labute approximate surface area is 85.3 Å². The Kier molecular flexibility index (Phi) is 2.79. The Bertz CT molecular complexity index is 372. The molecule has 1 heterocycles. The van der Waals surface area contributed by atoms with Crippen molar-refractivity contribution in [1.29, 1.82) is 0 Å². The fourth-order valence-electron chi connectivity index (χ4n) is 1.40. The predicted molar refractivity (Wildman–Crippen MR) is 52.2 cm³/mol. The average Bonchev–Trinajstić information content (AvgIpc) is 2.06. The third-order valence-electron chi connectivity index (χ3n) is 2.07. The summed E-state index contributed by atoms with van der Waals surface area (Å²) in [6, 6.07) is 0. The summed E-state index contributed by atoms with van der Waals surface area (Å²) in [5.74, 6) is -0.418. The van der Waals surface area contributed by atoms with E-state index >= 15 is 0 Å². The monoisotopic (exact) mass is 219 g/mol. The molecule has 1 aromatic rings. The van der Waals surface area contributed by atoms with Gasteiger partial charge in [0.25, 0.3) is 0 Å². The maximum atomic E-state index is 12.6. The molecular weight excluding hydrogens is 207 g/mol. The Morgan fingerprint density at radius 3 is 2.20 bits per heavy atom. The second-order valence-electron chi connectivity index (χ2n) is 3.54. The third-order valence-corrected chi connectivity index (χ3v) is 2.07. The summed E-state index contributed by atoms with van der Waals surface area (Å²) in [7, 11) is 0. The number of nitrogens with zero attached hydrogens (tertiary/aromatic N) is 1. The van der Waals surface area contributed by atoms with E-state index in [1.807, 2.05) is 0 Å². The molecule has 0 unspecified atom stereocenters. The van der Waals surface area contributed by atoms with Gasteiger partial charge in [-0.15, -0.1) is 0 Å². The summed E-state index contributed by atoms with van der Waals surface area (Å²) in [4.78, 5) is 3.42. The second kappa shape index (κ2) is 3.60. The van der Waals surface area contributed by atoms with Crippen LogP contribution in [-0.2, 0) is 6.18 Å².